The number of rotatable bonds is 11. The molecule has 2 atom stereocenters. The highest BCUT2D eigenvalue weighted by atomic mass is 35.5. The van der Waals surface area contributed by atoms with Gasteiger partial charge in [0.2, 0.25) is 21.8 Å². The van der Waals surface area contributed by atoms with Crippen molar-refractivity contribution in [3.63, 3.8) is 0 Å². The van der Waals surface area contributed by atoms with Gasteiger partial charge < -0.3 is 15.0 Å². The smallest absolute Gasteiger partial charge is 0.244 e. The van der Waals surface area contributed by atoms with E-state index in [0.717, 1.165) is 10.6 Å². The summed E-state index contributed by atoms with van der Waals surface area (Å²) in [6.07, 6.45) is 1.72. The molecule has 35 heavy (non-hydrogen) atoms. The second-order valence-electron chi connectivity index (χ2n) is 8.18. The third kappa shape index (κ3) is 7.75. The van der Waals surface area contributed by atoms with E-state index in [-0.39, 0.29) is 24.2 Å². The minimum absolute atomic E-state index is 0.0767. The summed E-state index contributed by atoms with van der Waals surface area (Å²) in [5, 5.41) is 3.53. The topological polar surface area (TPSA) is 96.0 Å². The summed E-state index contributed by atoms with van der Waals surface area (Å²) < 4.78 is 31.3. The molecule has 0 spiro atoms. The number of ether oxygens (including phenoxy) is 1. The first-order chi connectivity index (χ1) is 16.4. The zero-order valence-corrected chi connectivity index (χ0v) is 22.7. The first kappa shape index (κ1) is 28.7. The molecule has 192 valence electrons. The maximum absolute atomic E-state index is 13.6. The fourth-order valence-electron chi connectivity index (χ4n) is 3.26. The second-order valence-corrected chi connectivity index (χ2v) is 10.9. The van der Waals surface area contributed by atoms with Gasteiger partial charge >= 0.3 is 0 Å². The predicted octanol–water partition coefficient (Wildman–Crippen LogP) is 4.10. The van der Waals surface area contributed by atoms with Crippen LogP contribution in [0.1, 0.15) is 32.8 Å². The van der Waals surface area contributed by atoms with Gasteiger partial charge in [0.05, 0.1) is 19.1 Å². The van der Waals surface area contributed by atoms with Crippen LogP contribution in [0.15, 0.2) is 42.5 Å². The van der Waals surface area contributed by atoms with E-state index in [0.29, 0.717) is 27.8 Å². The van der Waals surface area contributed by atoms with Crippen molar-refractivity contribution in [1.82, 2.24) is 10.2 Å². The molecule has 0 aromatic heterocycles. The van der Waals surface area contributed by atoms with Crippen molar-refractivity contribution in [2.24, 2.45) is 0 Å². The Morgan fingerprint density at radius 2 is 1.63 bits per heavy atom. The summed E-state index contributed by atoms with van der Waals surface area (Å²) in [6.45, 7) is 4.77. The Morgan fingerprint density at radius 3 is 2.11 bits per heavy atom. The second kappa shape index (κ2) is 12.5. The van der Waals surface area contributed by atoms with E-state index in [1.165, 1.54) is 12.0 Å². The number of halogens is 2. The van der Waals surface area contributed by atoms with Crippen LogP contribution in [-0.4, -0.2) is 57.1 Å². The van der Waals surface area contributed by atoms with Crippen LogP contribution in [-0.2, 0) is 26.2 Å². The van der Waals surface area contributed by atoms with Crippen LogP contribution in [0.3, 0.4) is 0 Å². The van der Waals surface area contributed by atoms with Crippen molar-refractivity contribution >= 4 is 50.7 Å². The first-order valence-electron chi connectivity index (χ1n) is 11.0. The van der Waals surface area contributed by atoms with Gasteiger partial charge in [-0.2, -0.15) is 0 Å². The van der Waals surface area contributed by atoms with Gasteiger partial charge in [-0.15, -0.1) is 0 Å². The lowest BCUT2D eigenvalue weighted by atomic mass is 10.1. The minimum Gasteiger partial charge on any atom is -0.497 e. The van der Waals surface area contributed by atoms with E-state index in [1.54, 1.807) is 49.4 Å². The number of carbonyl (C=O) groups excluding carboxylic acids is 2. The molecule has 2 amide bonds. The number of carbonyl (C=O) groups is 2. The normalized spacial score (nSPS) is 13.0. The molecule has 0 radical (unpaired) electrons. The number of hydrogen-bond acceptors (Lipinski definition) is 5. The lowest BCUT2D eigenvalue weighted by Gasteiger charge is -2.32. The summed E-state index contributed by atoms with van der Waals surface area (Å²) in [5.74, 6) is -0.417. The van der Waals surface area contributed by atoms with Gasteiger partial charge in [0.1, 0.15) is 18.3 Å². The van der Waals surface area contributed by atoms with Gasteiger partial charge in [-0.25, -0.2) is 8.42 Å². The van der Waals surface area contributed by atoms with Gasteiger partial charge in [0, 0.05) is 28.2 Å². The number of nitrogens with one attached hydrogen (secondary N) is 1. The Balaban J connectivity index is 2.43. The lowest BCUT2D eigenvalue weighted by molar-refractivity contribution is -0.139. The van der Waals surface area contributed by atoms with Crippen molar-refractivity contribution in [3.05, 3.63) is 58.1 Å². The van der Waals surface area contributed by atoms with E-state index in [2.05, 4.69) is 5.32 Å². The average Bonchev–Trinajstić information content (AvgIpc) is 2.81. The zero-order chi connectivity index (χ0) is 26.3. The highest BCUT2D eigenvalue weighted by Gasteiger charge is 2.31. The van der Waals surface area contributed by atoms with Crippen LogP contribution in [0.2, 0.25) is 10.0 Å². The largest absolute Gasteiger partial charge is 0.497 e. The highest BCUT2D eigenvalue weighted by molar-refractivity contribution is 7.92. The molecular formula is C24H31Cl2N3O5S. The molecular weight excluding hydrogens is 513 g/mol. The molecule has 2 aromatic rings. The van der Waals surface area contributed by atoms with E-state index in [1.807, 2.05) is 13.8 Å². The van der Waals surface area contributed by atoms with Crippen molar-refractivity contribution in [3.8, 4) is 5.75 Å². The standard InChI is InChI=1S/C24H31Cl2N3O5S/c1-6-16(2)27-24(31)17(3)28(14-20-21(25)8-7-9-22(20)26)23(30)15-29(35(5,32)33)18-10-12-19(34-4)13-11-18/h7-13,16-17H,6,14-15H2,1-5H3,(H,27,31)/t16-,17-/m0/s1. The number of sulfonamides is 1. The predicted molar refractivity (Wildman–Crippen MR) is 140 cm³/mol. The fourth-order valence-corrected chi connectivity index (χ4v) is 4.63. The number of methoxy groups -OCH3 is 1. The van der Waals surface area contributed by atoms with Crippen LogP contribution in [0.25, 0.3) is 0 Å². The fraction of sp³-hybridized carbons (Fsp3) is 0.417. The van der Waals surface area contributed by atoms with Gasteiger partial charge in [-0.1, -0.05) is 36.2 Å². The number of anilines is 1. The molecule has 8 nitrogen and oxygen atoms in total. The highest BCUT2D eigenvalue weighted by Crippen LogP contribution is 2.27. The molecule has 2 aromatic carbocycles. The van der Waals surface area contributed by atoms with Crippen LogP contribution in [0, 0.1) is 0 Å². The first-order valence-corrected chi connectivity index (χ1v) is 13.6. The van der Waals surface area contributed by atoms with Gasteiger partial charge in [-0.05, 0) is 56.7 Å². The Hall–Kier alpha value is -2.49. The maximum Gasteiger partial charge on any atom is 0.244 e. The van der Waals surface area contributed by atoms with Crippen LogP contribution < -0.4 is 14.4 Å². The number of nitrogens with zero attached hydrogens (tertiary/aromatic N) is 2. The summed E-state index contributed by atoms with van der Waals surface area (Å²) in [5.41, 5.74) is 0.747. The van der Waals surface area contributed by atoms with E-state index in [4.69, 9.17) is 27.9 Å². The molecule has 0 fully saturated rings. The minimum atomic E-state index is -3.83. The molecule has 0 saturated carbocycles. The molecule has 1 N–H and O–H groups in total. The van der Waals surface area contributed by atoms with Crippen LogP contribution in [0.5, 0.6) is 5.75 Å². The number of benzene rings is 2. The number of hydrogen-bond donors (Lipinski definition) is 1. The molecule has 0 heterocycles. The third-order valence-corrected chi connectivity index (χ3v) is 7.45. The molecule has 11 heteroatoms. The quantitative estimate of drug-likeness (QED) is 0.460. The van der Waals surface area contributed by atoms with Gasteiger partial charge in [0.25, 0.3) is 0 Å². The summed E-state index contributed by atoms with van der Waals surface area (Å²) in [4.78, 5) is 27.8. The summed E-state index contributed by atoms with van der Waals surface area (Å²) >= 11 is 12.7. The summed E-state index contributed by atoms with van der Waals surface area (Å²) in [7, 11) is -2.34. The third-order valence-electron chi connectivity index (χ3n) is 5.60. The van der Waals surface area contributed by atoms with E-state index >= 15 is 0 Å². The van der Waals surface area contributed by atoms with Crippen molar-refractivity contribution in [2.75, 3.05) is 24.2 Å². The van der Waals surface area contributed by atoms with Crippen molar-refractivity contribution in [2.45, 2.75) is 45.8 Å². The Bertz CT molecular complexity index is 1120. The molecule has 0 bridgehead atoms. The maximum atomic E-state index is 13.6. The molecule has 2 rings (SSSR count). The average molecular weight is 545 g/mol. The van der Waals surface area contributed by atoms with E-state index < -0.39 is 28.5 Å². The zero-order valence-electron chi connectivity index (χ0n) is 20.4. The molecule has 0 aliphatic heterocycles. The van der Waals surface area contributed by atoms with Crippen LogP contribution in [0.4, 0.5) is 5.69 Å². The molecule has 0 saturated heterocycles. The Kier molecular flexibility index (Phi) is 10.2. The number of amides is 2. The van der Waals surface area contributed by atoms with Crippen molar-refractivity contribution in [1.29, 1.82) is 0 Å². The van der Waals surface area contributed by atoms with E-state index in [9.17, 15) is 18.0 Å². The lowest BCUT2D eigenvalue weighted by Crippen LogP contribution is -2.52. The Labute approximate surface area is 217 Å². The summed E-state index contributed by atoms with van der Waals surface area (Å²) in [6, 6.07) is 10.2. The monoisotopic (exact) mass is 543 g/mol. The van der Waals surface area contributed by atoms with Crippen molar-refractivity contribution < 1.29 is 22.7 Å². The molecule has 0 unspecified atom stereocenters. The SMILES string of the molecule is CC[C@H](C)NC(=O)[C@H](C)N(Cc1c(Cl)cccc1Cl)C(=O)CN(c1ccc(OC)cc1)S(C)(=O)=O. The van der Waals surface area contributed by atoms with Crippen LogP contribution >= 0.6 is 23.2 Å². The molecule has 0 aliphatic carbocycles. The van der Waals surface area contributed by atoms with Gasteiger partial charge in [0.15, 0.2) is 0 Å². The van der Waals surface area contributed by atoms with Gasteiger partial charge in [-0.3, -0.25) is 13.9 Å². The molecule has 0 aliphatic rings. The Morgan fingerprint density at radius 1 is 1.06 bits per heavy atom.